The third kappa shape index (κ3) is 4.46. The van der Waals surface area contributed by atoms with Gasteiger partial charge >= 0.3 is 12.1 Å². The van der Waals surface area contributed by atoms with Crippen LogP contribution in [0, 0.1) is 0 Å². The Bertz CT molecular complexity index is 316. The highest BCUT2D eigenvalue weighted by Gasteiger charge is 2.47. The van der Waals surface area contributed by atoms with Gasteiger partial charge in [-0.3, -0.25) is 0 Å². The number of carboxylic acid groups (broad SMARTS) is 1. The van der Waals surface area contributed by atoms with Crippen molar-refractivity contribution < 1.29 is 19.4 Å². The standard InChI is InChI=1S/C11H21NO4S/c1-9(2,3)16-8(15)12-11(6,7(13)14)10(4,5)17/h17H,1-6H3,(H,12,15)(H,13,14)/t11-/m1/s1. The summed E-state index contributed by atoms with van der Waals surface area (Å²) in [5.41, 5.74) is -2.19. The number of amides is 1. The van der Waals surface area contributed by atoms with Crippen LogP contribution in [0.4, 0.5) is 4.79 Å². The van der Waals surface area contributed by atoms with Gasteiger partial charge in [0.05, 0.1) is 0 Å². The number of hydrogen-bond acceptors (Lipinski definition) is 4. The SMILES string of the molecule is CC(C)(C)OC(=O)N[C@](C)(C(=O)O)C(C)(C)S. The molecule has 0 bridgehead atoms. The molecule has 0 heterocycles. The van der Waals surface area contributed by atoms with Crippen molar-refractivity contribution in [3.05, 3.63) is 0 Å². The molecule has 0 radical (unpaired) electrons. The van der Waals surface area contributed by atoms with E-state index in [2.05, 4.69) is 17.9 Å². The van der Waals surface area contributed by atoms with E-state index in [1.807, 2.05) is 0 Å². The molecule has 0 aromatic carbocycles. The Morgan fingerprint density at radius 2 is 1.53 bits per heavy atom. The van der Waals surface area contributed by atoms with Gasteiger partial charge in [0.1, 0.15) is 5.60 Å². The summed E-state index contributed by atoms with van der Waals surface area (Å²) in [6.07, 6.45) is -0.774. The zero-order valence-electron chi connectivity index (χ0n) is 11.1. The van der Waals surface area contributed by atoms with Crippen LogP contribution in [0.25, 0.3) is 0 Å². The largest absolute Gasteiger partial charge is 0.479 e. The fraction of sp³-hybridized carbons (Fsp3) is 0.818. The number of aliphatic carboxylic acids is 1. The molecule has 100 valence electrons. The second-order valence-electron chi connectivity index (χ2n) is 5.62. The lowest BCUT2D eigenvalue weighted by Gasteiger charge is -2.38. The topological polar surface area (TPSA) is 75.6 Å². The summed E-state index contributed by atoms with van der Waals surface area (Å²) in [5, 5.41) is 11.5. The molecule has 0 unspecified atom stereocenters. The van der Waals surface area contributed by atoms with E-state index in [-0.39, 0.29) is 0 Å². The molecule has 6 heteroatoms. The van der Waals surface area contributed by atoms with Crippen LogP contribution in [0.3, 0.4) is 0 Å². The number of carbonyl (C=O) groups excluding carboxylic acids is 1. The first-order valence-corrected chi connectivity index (χ1v) is 5.71. The second-order valence-corrected chi connectivity index (χ2v) is 6.73. The summed E-state index contributed by atoms with van der Waals surface area (Å²) < 4.78 is 4.10. The normalized spacial score (nSPS) is 15.9. The third-order valence-electron chi connectivity index (χ3n) is 2.40. The molecule has 1 atom stereocenters. The molecule has 5 nitrogen and oxygen atoms in total. The zero-order valence-corrected chi connectivity index (χ0v) is 12.0. The molecular formula is C11H21NO4S. The van der Waals surface area contributed by atoms with Crippen LogP contribution in [0.1, 0.15) is 41.5 Å². The molecule has 0 rings (SSSR count). The van der Waals surface area contributed by atoms with Gasteiger partial charge in [-0.25, -0.2) is 9.59 Å². The summed E-state index contributed by atoms with van der Waals surface area (Å²) in [4.78, 5) is 22.8. The van der Waals surface area contributed by atoms with Crippen molar-refractivity contribution in [2.24, 2.45) is 0 Å². The van der Waals surface area contributed by atoms with Crippen LogP contribution in [-0.2, 0) is 9.53 Å². The number of thiol groups is 1. The van der Waals surface area contributed by atoms with Crippen LogP contribution in [-0.4, -0.2) is 33.1 Å². The number of rotatable bonds is 3. The molecule has 17 heavy (non-hydrogen) atoms. The molecule has 0 aliphatic rings. The summed E-state index contributed by atoms with van der Waals surface area (Å²) in [6, 6.07) is 0. The molecule has 0 spiro atoms. The fourth-order valence-corrected chi connectivity index (χ4v) is 1.13. The smallest absolute Gasteiger partial charge is 0.408 e. The Kier molecular flexibility index (Phi) is 4.50. The van der Waals surface area contributed by atoms with Gasteiger partial charge < -0.3 is 15.2 Å². The molecular weight excluding hydrogens is 242 g/mol. The van der Waals surface area contributed by atoms with E-state index >= 15 is 0 Å². The molecule has 0 saturated carbocycles. The Labute approximate surface area is 107 Å². The van der Waals surface area contributed by atoms with Gasteiger partial charge in [-0.15, -0.1) is 0 Å². The number of hydrogen-bond donors (Lipinski definition) is 3. The Balaban J connectivity index is 4.93. The first kappa shape index (κ1) is 16.1. The molecule has 0 aromatic heterocycles. The average molecular weight is 263 g/mol. The minimum absolute atomic E-state index is 0.676. The summed E-state index contributed by atoms with van der Waals surface area (Å²) in [5.74, 6) is -1.16. The third-order valence-corrected chi connectivity index (χ3v) is 2.85. The van der Waals surface area contributed by atoms with Gasteiger partial charge in [-0.1, -0.05) is 0 Å². The van der Waals surface area contributed by atoms with E-state index in [9.17, 15) is 14.7 Å². The van der Waals surface area contributed by atoms with Crippen molar-refractivity contribution in [3.63, 3.8) is 0 Å². The maximum Gasteiger partial charge on any atom is 0.408 e. The average Bonchev–Trinajstić information content (AvgIpc) is 1.96. The molecule has 0 aliphatic carbocycles. The van der Waals surface area contributed by atoms with Crippen LogP contribution >= 0.6 is 12.6 Å². The van der Waals surface area contributed by atoms with Gasteiger partial charge in [0.25, 0.3) is 0 Å². The maximum atomic E-state index is 11.6. The van der Waals surface area contributed by atoms with Gasteiger partial charge in [-0.05, 0) is 41.5 Å². The summed E-state index contributed by atoms with van der Waals surface area (Å²) in [6.45, 7) is 9.74. The van der Waals surface area contributed by atoms with Gasteiger partial charge in [0.2, 0.25) is 0 Å². The Morgan fingerprint density at radius 1 is 1.12 bits per heavy atom. The van der Waals surface area contributed by atoms with Crippen molar-refractivity contribution in [3.8, 4) is 0 Å². The van der Waals surface area contributed by atoms with Crippen molar-refractivity contribution in [1.82, 2.24) is 5.32 Å². The number of ether oxygens (including phenoxy) is 1. The molecule has 0 aliphatic heterocycles. The highest BCUT2D eigenvalue weighted by atomic mass is 32.1. The van der Waals surface area contributed by atoms with Crippen LogP contribution < -0.4 is 5.32 Å². The van der Waals surface area contributed by atoms with Crippen molar-refractivity contribution in [1.29, 1.82) is 0 Å². The van der Waals surface area contributed by atoms with Gasteiger partial charge in [0, 0.05) is 4.75 Å². The summed E-state index contributed by atoms with van der Waals surface area (Å²) >= 11 is 4.21. The lowest BCUT2D eigenvalue weighted by molar-refractivity contribution is -0.145. The summed E-state index contributed by atoms with van der Waals surface area (Å²) in [7, 11) is 0. The fourth-order valence-electron chi connectivity index (χ4n) is 0.976. The Morgan fingerprint density at radius 3 is 1.76 bits per heavy atom. The molecule has 0 aromatic rings. The molecule has 1 amide bonds. The highest BCUT2D eigenvalue weighted by Crippen LogP contribution is 2.28. The van der Waals surface area contributed by atoms with Gasteiger partial charge in [0.15, 0.2) is 5.54 Å². The Hall–Kier alpha value is -0.910. The number of nitrogens with one attached hydrogen (secondary N) is 1. The molecule has 2 N–H and O–H groups in total. The number of carbonyl (C=O) groups is 2. The minimum Gasteiger partial charge on any atom is -0.479 e. The first-order chi connectivity index (χ1) is 7.29. The highest BCUT2D eigenvalue weighted by molar-refractivity contribution is 7.81. The monoisotopic (exact) mass is 263 g/mol. The predicted octanol–water partition coefficient (Wildman–Crippen LogP) is 2.06. The van der Waals surface area contributed by atoms with Gasteiger partial charge in [-0.2, -0.15) is 12.6 Å². The maximum absolute atomic E-state index is 11.6. The molecule has 0 saturated heterocycles. The number of alkyl carbamates (subject to hydrolysis) is 1. The van der Waals surface area contributed by atoms with Crippen molar-refractivity contribution in [2.45, 2.75) is 57.4 Å². The van der Waals surface area contributed by atoms with Crippen LogP contribution in [0.5, 0.6) is 0 Å². The minimum atomic E-state index is -1.52. The van der Waals surface area contributed by atoms with E-state index in [0.717, 1.165) is 0 Å². The van der Waals surface area contributed by atoms with Crippen LogP contribution in [0.15, 0.2) is 0 Å². The number of carboxylic acids is 1. The van der Waals surface area contributed by atoms with E-state index in [4.69, 9.17) is 4.74 Å². The quantitative estimate of drug-likeness (QED) is 0.681. The van der Waals surface area contributed by atoms with E-state index < -0.39 is 27.9 Å². The lowest BCUT2D eigenvalue weighted by atomic mass is 9.87. The van der Waals surface area contributed by atoms with Crippen molar-refractivity contribution >= 4 is 24.7 Å². The van der Waals surface area contributed by atoms with E-state index in [1.54, 1.807) is 34.6 Å². The van der Waals surface area contributed by atoms with E-state index in [0.29, 0.717) is 0 Å². The van der Waals surface area contributed by atoms with E-state index in [1.165, 1.54) is 6.92 Å². The predicted molar refractivity (Wildman–Crippen MR) is 68.5 cm³/mol. The molecule has 0 fully saturated rings. The van der Waals surface area contributed by atoms with Crippen molar-refractivity contribution in [2.75, 3.05) is 0 Å². The second kappa shape index (κ2) is 4.76. The first-order valence-electron chi connectivity index (χ1n) is 5.26. The van der Waals surface area contributed by atoms with Crippen LogP contribution in [0.2, 0.25) is 0 Å². The lowest BCUT2D eigenvalue weighted by Crippen LogP contribution is -2.63. The zero-order chi connectivity index (χ0) is 14.1.